The Labute approximate surface area is 115 Å². The average Bonchev–Trinajstić information content (AvgIpc) is 2.21. The largest absolute Gasteiger partial charge is 0.480 e. The molecule has 94 valence electrons. The molecule has 1 amide bonds. The molecule has 0 aliphatic rings. The highest BCUT2D eigenvalue weighted by atomic mass is 79.9. The molecule has 1 atom stereocenters. The van der Waals surface area contributed by atoms with Gasteiger partial charge in [0, 0.05) is 11.1 Å². The van der Waals surface area contributed by atoms with E-state index in [-0.39, 0.29) is 11.9 Å². The maximum Gasteiger partial charge on any atom is 0.260 e. The molecule has 0 radical (unpaired) electrons. The topological polar surface area (TPSA) is 38.3 Å². The summed E-state index contributed by atoms with van der Waals surface area (Å²) in [5, 5.41) is 3.40. The van der Waals surface area contributed by atoms with Gasteiger partial charge in [-0.3, -0.25) is 4.79 Å². The van der Waals surface area contributed by atoms with Crippen LogP contribution in [0, 0.1) is 0 Å². The van der Waals surface area contributed by atoms with E-state index in [1.807, 2.05) is 13.8 Å². The molecule has 0 aromatic heterocycles. The van der Waals surface area contributed by atoms with Crippen molar-refractivity contribution in [2.24, 2.45) is 0 Å². The Balaban J connectivity index is 2.67. The first-order chi connectivity index (χ1) is 7.90. The molecular formula is C12H15BrClNO2. The fourth-order valence-electron chi connectivity index (χ4n) is 1.22. The van der Waals surface area contributed by atoms with Crippen molar-refractivity contribution < 1.29 is 9.53 Å². The van der Waals surface area contributed by atoms with Gasteiger partial charge in [0.15, 0.2) is 6.10 Å². The minimum absolute atomic E-state index is 0.0993. The van der Waals surface area contributed by atoms with E-state index in [0.717, 1.165) is 4.47 Å². The molecule has 0 saturated carbocycles. The van der Waals surface area contributed by atoms with Crippen molar-refractivity contribution in [3.63, 3.8) is 0 Å². The summed E-state index contributed by atoms with van der Waals surface area (Å²) in [7, 11) is 0. The molecule has 0 spiro atoms. The summed E-state index contributed by atoms with van der Waals surface area (Å²) in [6, 6.07) is 5.27. The van der Waals surface area contributed by atoms with Gasteiger partial charge in [0.1, 0.15) is 5.75 Å². The molecule has 5 heteroatoms. The number of carbonyl (C=O) groups excluding carboxylic acids is 1. The zero-order valence-electron chi connectivity index (χ0n) is 9.96. The van der Waals surface area contributed by atoms with Gasteiger partial charge < -0.3 is 10.1 Å². The van der Waals surface area contributed by atoms with E-state index >= 15 is 0 Å². The Bertz CT molecular complexity index is 409. The summed E-state index contributed by atoms with van der Waals surface area (Å²) in [5.74, 6) is 0.461. The number of carbonyl (C=O) groups is 1. The highest BCUT2D eigenvalue weighted by Crippen LogP contribution is 2.28. The summed E-state index contributed by atoms with van der Waals surface area (Å²) in [6.07, 6.45) is -0.546. The molecule has 1 aromatic carbocycles. The minimum atomic E-state index is -0.546. The molecular weight excluding hydrogens is 305 g/mol. The lowest BCUT2D eigenvalue weighted by atomic mass is 10.3. The molecule has 17 heavy (non-hydrogen) atoms. The number of hydrogen-bond acceptors (Lipinski definition) is 2. The standard InChI is InChI=1S/C12H15BrClNO2/c1-7(2)15-12(16)8(3)17-11-5-4-9(14)6-10(11)13/h4-8H,1-3H3,(H,15,16). The number of halogens is 2. The van der Waals surface area contributed by atoms with Gasteiger partial charge in [0.05, 0.1) is 4.47 Å². The van der Waals surface area contributed by atoms with Gasteiger partial charge in [-0.25, -0.2) is 0 Å². The number of ether oxygens (including phenoxy) is 1. The van der Waals surface area contributed by atoms with Crippen LogP contribution in [0.15, 0.2) is 22.7 Å². The minimum Gasteiger partial charge on any atom is -0.480 e. The van der Waals surface area contributed by atoms with Crippen LogP contribution in [0.1, 0.15) is 20.8 Å². The molecule has 1 N–H and O–H groups in total. The lowest BCUT2D eigenvalue weighted by Gasteiger charge is -2.17. The summed E-state index contributed by atoms with van der Waals surface area (Å²) in [6.45, 7) is 5.52. The summed E-state index contributed by atoms with van der Waals surface area (Å²) < 4.78 is 6.28. The quantitative estimate of drug-likeness (QED) is 0.923. The fourth-order valence-corrected chi connectivity index (χ4v) is 1.99. The summed E-state index contributed by atoms with van der Waals surface area (Å²) in [4.78, 5) is 11.7. The maximum absolute atomic E-state index is 11.7. The third kappa shape index (κ3) is 4.56. The van der Waals surface area contributed by atoms with E-state index in [0.29, 0.717) is 10.8 Å². The number of rotatable bonds is 4. The lowest BCUT2D eigenvalue weighted by Crippen LogP contribution is -2.40. The summed E-state index contributed by atoms with van der Waals surface area (Å²) in [5.41, 5.74) is 0. The van der Waals surface area contributed by atoms with Crippen LogP contribution in [0.25, 0.3) is 0 Å². The smallest absolute Gasteiger partial charge is 0.260 e. The van der Waals surface area contributed by atoms with Crippen molar-refractivity contribution in [1.82, 2.24) is 5.32 Å². The van der Waals surface area contributed by atoms with Crippen molar-refractivity contribution in [3.8, 4) is 5.75 Å². The van der Waals surface area contributed by atoms with Gasteiger partial charge in [-0.05, 0) is 54.9 Å². The van der Waals surface area contributed by atoms with Gasteiger partial charge in [-0.1, -0.05) is 11.6 Å². The number of amides is 1. The van der Waals surface area contributed by atoms with E-state index in [1.54, 1.807) is 25.1 Å². The Morgan fingerprint density at radius 2 is 2.06 bits per heavy atom. The molecule has 1 aromatic rings. The molecule has 1 rings (SSSR count). The van der Waals surface area contributed by atoms with Crippen molar-refractivity contribution in [1.29, 1.82) is 0 Å². The third-order valence-corrected chi connectivity index (χ3v) is 2.85. The number of hydrogen-bond donors (Lipinski definition) is 1. The van der Waals surface area contributed by atoms with Gasteiger partial charge in [0.25, 0.3) is 5.91 Å². The number of benzene rings is 1. The predicted molar refractivity (Wildman–Crippen MR) is 72.5 cm³/mol. The van der Waals surface area contributed by atoms with Crippen LogP contribution in [0.3, 0.4) is 0 Å². The molecule has 0 fully saturated rings. The predicted octanol–water partition coefficient (Wildman–Crippen LogP) is 3.39. The molecule has 1 unspecified atom stereocenters. The van der Waals surface area contributed by atoms with E-state index in [4.69, 9.17) is 16.3 Å². The Hall–Kier alpha value is -0.740. The van der Waals surface area contributed by atoms with E-state index in [2.05, 4.69) is 21.2 Å². The van der Waals surface area contributed by atoms with E-state index in [9.17, 15) is 4.79 Å². The van der Waals surface area contributed by atoms with Gasteiger partial charge in [-0.15, -0.1) is 0 Å². The second kappa shape index (κ2) is 6.26. The fraction of sp³-hybridized carbons (Fsp3) is 0.417. The zero-order valence-corrected chi connectivity index (χ0v) is 12.3. The Morgan fingerprint density at radius 1 is 1.41 bits per heavy atom. The highest BCUT2D eigenvalue weighted by molar-refractivity contribution is 9.10. The van der Waals surface area contributed by atoms with Crippen LogP contribution in [0.4, 0.5) is 0 Å². The Morgan fingerprint density at radius 3 is 2.59 bits per heavy atom. The normalized spacial score (nSPS) is 12.4. The second-order valence-electron chi connectivity index (χ2n) is 4.00. The van der Waals surface area contributed by atoms with Gasteiger partial charge in [-0.2, -0.15) is 0 Å². The van der Waals surface area contributed by atoms with Crippen LogP contribution in [0.2, 0.25) is 5.02 Å². The molecule has 0 aliphatic heterocycles. The SMILES string of the molecule is CC(C)NC(=O)C(C)Oc1ccc(Cl)cc1Br. The van der Waals surface area contributed by atoms with Crippen molar-refractivity contribution in [2.75, 3.05) is 0 Å². The molecule has 0 bridgehead atoms. The molecule has 3 nitrogen and oxygen atoms in total. The van der Waals surface area contributed by atoms with Crippen molar-refractivity contribution in [2.45, 2.75) is 32.9 Å². The monoisotopic (exact) mass is 319 g/mol. The lowest BCUT2D eigenvalue weighted by molar-refractivity contribution is -0.127. The van der Waals surface area contributed by atoms with E-state index in [1.165, 1.54) is 0 Å². The second-order valence-corrected chi connectivity index (χ2v) is 5.29. The molecule has 0 saturated heterocycles. The van der Waals surface area contributed by atoms with Gasteiger partial charge >= 0.3 is 0 Å². The van der Waals surface area contributed by atoms with Crippen LogP contribution < -0.4 is 10.1 Å². The van der Waals surface area contributed by atoms with Crippen molar-refractivity contribution in [3.05, 3.63) is 27.7 Å². The van der Waals surface area contributed by atoms with Crippen LogP contribution in [-0.2, 0) is 4.79 Å². The first kappa shape index (κ1) is 14.3. The highest BCUT2D eigenvalue weighted by Gasteiger charge is 2.16. The third-order valence-electron chi connectivity index (χ3n) is 2.00. The first-order valence-electron chi connectivity index (χ1n) is 5.32. The van der Waals surface area contributed by atoms with Crippen LogP contribution >= 0.6 is 27.5 Å². The first-order valence-corrected chi connectivity index (χ1v) is 6.49. The molecule has 0 heterocycles. The molecule has 0 aliphatic carbocycles. The average molecular weight is 321 g/mol. The zero-order chi connectivity index (χ0) is 13.0. The van der Waals surface area contributed by atoms with Crippen LogP contribution in [-0.4, -0.2) is 18.1 Å². The van der Waals surface area contributed by atoms with Crippen molar-refractivity contribution >= 4 is 33.4 Å². The maximum atomic E-state index is 11.7. The van der Waals surface area contributed by atoms with Gasteiger partial charge in [0.2, 0.25) is 0 Å². The summed E-state index contributed by atoms with van der Waals surface area (Å²) >= 11 is 9.15. The Kier molecular flexibility index (Phi) is 5.28. The van der Waals surface area contributed by atoms with E-state index < -0.39 is 6.10 Å². The van der Waals surface area contributed by atoms with Crippen LogP contribution in [0.5, 0.6) is 5.75 Å². The number of nitrogens with one attached hydrogen (secondary N) is 1.